The Bertz CT molecular complexity index is 632. The predicted octanol–water partition coefficient (Wildman–Crippen LogP) is 3.86. The highest BCUT2D eigenvalue weighted by Crippen LogP contribution is 2.24. The van der Waals surface area contributed by atoms with E-state index in [0.29, 0.717) is 22.3 Å². The van der Waals surface area contributed by atoms with Gasteiger partial charge in [0.25, 0.3) is 0 Å². The first-order valence-electron chi connectivity index (χ1n) is 6.24. The number of amides is 1. The molecule has 0 spiro atoms. The molecule has 0 bridgehead atoms. The molecule has 6 heteroatoms. The zero-order chi connectivity index (χ0) is 15.2. The Morgan fingerprint density at radius 3 is 2.48 bits per heavy atom. The van der Waals surface area contributed by atoms with Crippen LogP contribution in [0.4, 0.5) is 10.1 Å². The zero-order valence-corrected chi connectivity index (χ0v) is 12.5. The molecule has 1 amide bonds. The monoisotopic (exact) mass is 326 g/mol. The summed E-state index contributed by atoms with van der Waals surface area (Å²) in [4.78, 5) is 11.7. The normalized spacial score (nSPS) is 10.2. The second-order valence-electron chi connectivity index (χ2n) is 4.38. The Morgan fingerprint density at radius 2 is 1.81 bits per heavy atom. The molecule has 21 heavy (non-hydrogen) atoms. The van der Waals surface area contributed by atoms with E-state index in [1.807, 2.05) is 0 Å². The summed E-state index contributed by atoms with van der Waals surface area (Å²) in [5.41, 5.74) is 1.47. The third-order valence-corrected chi connectivity index (χ3v) is 3.32. The molecule has 0 unspecified atom stereocenters. The van der Waals surface area contributed by atoms with Crippen LogP contribution in [0.25, 0.3) is 0 Å². The van der Waals surface area contributed by atoms with Gasteiger partial charge in [-0.15, -0.1) is 0 Å². The van der Waals surface area contributed by atoms with Crippen molar-refractivity contribution in [3.05, 3.63) is 63.9 Å². The standard InChI is InChI=1S/C15H13Cl2FN2O/c16-11-3-6-14(13(17)7-11)19-9-15(21)20-8-10-1-4-12(18)5-2-10/h1-7,19H,8-9H2,(H,20,21). The Kier molecular flexibility index (Phi) is 5.42. The minimum Gasteiger partial charge on any atom is -0.375 e. The number of hydrogen-bond donors (Lipinski definition) is 2. The molecule has 0 aromatic heterocycles. The molecule has 0 atom stereocenters. The number of halogens is 3. The fourth-order valence-corrected chi connectivity index (χ4v) is 2.15. The lowest BCUT2D eigenvalue weighted by atomic mass is 10.2. The Morgan fingerprint density at radius 1 is 1.10 bits per heavy atom. The third kappa shape index (κ3) is 4.92. The topological polar surface area (TPSA) is 41.1 Å². The van der Waals surface area contributed by atoms with E-state index in [-0.39, 0.29) is 18.3 Å². The molecule has 0 aliphatic rings. The second kappa shape index (κ2) is 7.29. The van der Waals surface area contributed by atoms with Crippen LogP contribution in [0.2, 0.25) is 10.0 Å². The minimum atomic E-state index is -0.302. The second-order valence-corrected chi connectivity index (χ2v) is 5.22. The first-order chi connectivity index (χ1) is 10.0. The smallest absolute Gasteiger partial charge is 0.239 e. The van der Waals surface area contributed by atoms with E-state index in [0.717, 1.165) is 5.56 Å². The number of carbonyl (C=O) groups excluding carboxylic acids is 1. The van der Waals surface area contributed by atoms with Crippen molar-refractivity contribution in [2.45, 2.75) is 6.54 Å². The third-order valence-electron chi connectivity index (χ3n) is 2.77. The van der Waals surface area contributed by atoms with Gasteiger partial charge in [0.1, 0.15) is 5.82 Å². The Balaban J connectivity index is 1.80. The molecule has 110 valence electrons. The fourth-order valence-electron chi connectivity index (χ4n) is 1.67. The van der Waals surface area contributed by atoms with Gasteiger partial charge in [0.2, 0.25) is 5.91 Å². The lowest BCUT2D eigenvalue weighted by molar-refractivity contribution is -0.119. The van der Waals surface area contributed by atoms with Gasteiger partial charge in [-0.05, 0) is 35.9 Å². The van der Waals surface area contributed by atoms with E-state index >= 15 is 0 Å². The summed E-state index contributed by atoms with van der Waals surface area (Å²) in [6, 6.07) is 10.9. The molecule has 0 saturated carbocycles. The molecule has 0 heterocycles. The lowest BCUT2D eigenvalue weighted by Crippen LogP contribution is -2.29. The SMILES string of the molecule is O=C(CNc1ccc(Cl)cc1Cl)NCc1ccc(F)cc1. The molecule has 0 saturated heterocycles. The van der Waals surface area contributed by atoms with E-state index in [1.165, 1.54) is 12.1 Å². The van der Waals surface area contributed by atoms with Crippen LogP contribution in [0.15, 0.2) is 42.5 Å². The van der Waals surface area contributed by atoms with Gasteiger partial charge >= 0.3 is 0 Å². The van der Waals surface area contributed by atoms with Crippen molar-refractivity contribution in [3.63, 3.8) is 0 Å². The highest BCUT2D eigenvalue weighted by atomic mass is 35.5. The Hall–Kier alpha value is -1.78. The summed E-state index contributed by atoms with van der Waals surface area (Å²) in [7, 11) is 0. The summed E-state index contributed by atoms with van der Waals surface area (Å²) < 4.78 is 12.7. The van der Waals surface area contributed by atoms with Gasteiger partial charge in [-0.3, -0.25) is 4.79 Å². The van der Waals surface area contributed by atoms with E-state index in [4.69, 9.17) is 23.2 Å². The van der Waals surface area contributed by atoms with Crippen LogP contribution in [0.5, 0.6) is 0 Å². The molecule has 2 N–H and O–H groups in total. The van der Waals surface area contributed by atoms with Gasteiger partial charge < -0.3 is 10.6 Å². The number of carbonyl (C=O) groups is 1. The van der Waals surface area contributed by atoms with E-state index < -0.39 is 0 Å². The molecule has 3 nitrogen and oxygen atoms in total. The molecular weight excluding hydrogens is 314 g/mol. The fraction of sp³-hybridized carbons (Fsp3) is 0.133. The molecule has 0 aliphatic carbocycles. The van der Waals surface area contributed by atoms with Crippen LogP contribution in [-0.4, -0.2) is 12.5 Å². The first kappa shape index (κ1) is 15.6. The summed E-state index contributed by atoms with van der Waals surface area (Å²) in [5.74, 6) is -0.491. The highest BCUT2D eigenvalue weighted by Gasteiger charge is 2.04. The highest BCUT2D eigenvalue weighted by molar-refractivity contribution is 6.36. The van der Waals surface area contributed by atoms with Gasteiger partial charge in [0, 0.05) is 11.6 Å². The van der Waals surface area contributed by atoms with Crippen LogP contribution in [0, 0.1) is 5.82 Å². The van der Waals surface area contributed by atoms with Crippen molar-refractivity contribution in [2.75, 3.05) is 11.9 Å². The number of rotatable bonds is 5. The van der Waals surface area contributed by atoms with Gasteiger partial charge in [-0.1, -0.05) is 35.3 Å². The van der Waals surface area contributed by atoms with E-state index in [9.17, 15) is 9.18 Å². The van der Waals surface area contributed by atoms with Gasteiger partial charge in [0.15, 0.2) is 0 Å². The van der Waals surface area contributed by atoms with Crippen LogP contribution in [-0.2, 0) is 11.3 Å². The lowest BCUT2D eigenvalue weighted by Gasteiger charge is -2.09. The average molecular weight is 327 g/mol. The Labute approximate surface area is 132 Å². The summed E-state index contributed by atoms with van der Waals surface area (Å²) in [5, 5.41) is 6.64. The van der Waals surface area contributed by atoms with Gasteiger partial charge in [-0.25, -0.2) is 4.39 Å². The van der Waals surface area contributed by atoms with Crippen molar-refractivity contribution in [3.8, 4) is 0 Å². The van der Waals surface area contributed by atoms with Crippen molar-refractivity contribution >= 4 is 34.8 Å². The largest absolute Gasteiger partial charge is 0.375 e. The van der Waals surface area contributed by atoms with Crippen molar-refractivity contribution in [1.29, 1.82) is 0 Å². The van der Waals surface area contributed by atoms with E-state index in [2.05, 4.69) is 10.6 Å². The minimum absolute atomic E-state index is 0.0859. The van der Waals surface area contributed by atoms with Crippen molar-refractivity contribution in [1.82, 2.24) is 5.32 Å². The maximum Gasteiger partial charge on any atom is 0.239 e. The maximum absolute atomic E-state index is 12.7. The molecular formula is C15H13Cl2FN2O. The van der Waals surface area contributed by atoms with Crippen molar-refractivity contribution in [2.24, 2.45) is 0 Å². The number of nitrogens with one attached hydrogen (secondary N) is 2. The molecule has 2 rings (SSSR count). The van der Waals surface area contributed by atoms with Crippen molar-refractivity contribution < 1.29 is 9.18 Å². The summed E-state index contributed by atoms with van der Waals surface area (Å²) in [6.07, 6.45) is 0. The molecule has 2 aromatic carbocycles. The number of hydrogen-bond acceptors (Lipinski definition) is 2. The molecule has 2 aromatic rings. The molecule has 0 aliphatic heterocycles. The average Bonchev–Trinajstić information content (AvgIpc) is 2.46. The molecule has 0 radical (unpaired) electrons. The van der Waals surface area contributed by atoms with Crippen LogP contribution in [0.1, 0.15) is 5.56 Å². The van der Waals surface area contributed by atoms with E-state index in [1.54, 1.807) is 30.3 Å². The number of benzene rings is 2. The molecule has 0 fully saturated rings. The van der Waals surface area contributed by atoms with Gasteiger partial charge in [0.05, 0.1) is 17.3 Å². The predicted molar refractivity (Wildman–Crippen MR) is 83.2 cm³/mol. The van der Waals surface area contributed by atoms with Crippen LogP contribution in [0.3, 0.4) is 0 Å². The maximum atomic E-state index is 12.7. The quantitative estimate of drug-likeness (QED) is 0.875. The van der Waals surface area contributed by atoms with Crippen LogP contribution >= 0.6 is 23.2 Å². The number of anilines is 1. The van der Waals surface area contributed by atoms with Crippen LogP contribution < -0.4 is 10.6 Å². The summed E-state index contributed by atoms with van der Waals surface area (Å²) >= 11 is 11.8. The zero-order valence-electron chi connectivity index (χ0n) is 11.0. The van der Waals surface area contributed by atoms with Gasteiger partial charge in [-0.2, -0.15) is 0 Å². The first-order valence-corrected chi connectivity index (χ1v) is 7.00. The summed E-state index contributed by atoms with van der Waals surface area (Å²) in [6.45, 7) is 0.428.